The van der Waals surface area contributed by atoms with Crippen molar-refractivity contribution in [3.8, 4) is 0 Å². The molecule has 1 unspecified atom stereocenters. The minimum absolute atomic E-state index is 0.143. The Kier molecular flexibility index (Phi) is 5.22. The van der Waals surface area contributed by atoms with E-state index in [0.29, 0.717) is 5.56 Å². The van der Waals surface area contributed by atoms with Gasteiger partial charge in [-0.15, -0.1) is 0 Å². The van der Waals surface area contributed by atoms with Gasteiger partial charge in [-0.2, -0.15) is 13.2 Å². The molecule has 0 spiro atoms. The first kappa shape index (κ1) is 18.0. The van der Waals surface area contributed by atoms with Crippen molar-refractivity contribution in [2.45, 2.75) is 44.8 Å². The molecule has 4 nitrogen and oxygen atoms in total. The lowest BCUT2D eigenvalue weighted by molar-refractivity contribution is -0.174. The highest BCUT2D eigenvalue weighted by molar-refractivity contribution is 5.82. The second-order valence-corrected chi connectivity index (χ2v) is 5.99. The summed E-state index contributed by atoms with van der Waals surface area (Å²) in [4.78, 5) is 21.8. The zero-order chi connectivity index (χ0) is 17.1. The van der Waals surface area contributed by atoms with E-state index in [9.17, 15) is 22.8 Å². The van der Waals surface area contributed by atoms with Gasteiger partial charge in [0.05, 0.1) is 12.5 Å². The maximum atomic E-state index is 12.3. The number of carbonyl (C=O) groups excluding carboxylic acids is 1. The molecular formula is C15H18F3NO3. The zero-order valence-electron chi connectivity index (χ0n) is 12.5. The molecule has 1 amide bonds. The Morgan fingerprint density at radius 2 is 1.64 bits per heavy atom. The fourth-order valence-corrected chi connectivity index (χ4v) is 1.88. The van der Waals surface area contributed by atoms with Crippen LogP contribution in [0.3, 0.4) is 0 Å². The SMILES string of the molecule is CC(C)(C)c1ccc(C(CC(=O)O)NC(=O)C(F)(F)F)cc1. The van der Waals surface area contributed by atoms with Crippen LogP contribution in [0.2, 0.25) is 0 Å². The molecule has 0 saturated carbocycles. The Morgan fingerprint density at radius 1 is 1.14 bits per heavy atom. The lowest BCUT2D eigenvalue weighted by Crippen LogP contribution is -2.39. The number of alkyl halides is 3. The van der Waals surface area contributed by atoms with Crippen LogP contribution in [-0.4, -0.2) is 23.2 Å². The maximum Gasteiger partial charge on any atom is 0.471 e. The van der Waals surface area contributed by atoms with Crippen LogP contribution < -0.4 is 5.32 Å². The zero-order valence-corrected chi connectivity index (χ0v) is 12.5. The first-order chi connectivity index (χ1) is 9.91. The summed E-state index contributed by atoms with van der Waals surface area (Å²) < 4.78 is 37.0. The molecule has 0 bridgehead atoms. The number of benzene rings is 1. The number of rotatable bonds is 4. The van der Waals surface area contributed by atoms with Crippen LogP contribution in [0.4, 0.5) is 13.2 Å². The summed E-state index contributed by atoms with van der Waals surface area (Å²) in [6.45, 7) is 5.92. The number of hydrogen-bond acceptors (Lipinski definition) is 2. The van der Waals surface area contributed by atoms with E-state index in [1.165, 1.54) is 12.1 Å². The van der Waals surface area contributed by atoms with Crippen LogP contribution in [0.25, 0.3) is 0 Å². The van der Waals surface area contributed by atoms with Crippen molar-refractivity contribution in [1.29, 1.82) is 0 Å². The van der Waals surface area contributed by atoms with E-state index in [1.807, 2.05) is 20.8 Å². The Labute approximate surface area is 126 Å². The molecule has 0 aliphatic heterocycles. The van der Waals surface area contributed by atoms with Gasteiger partial charge >= 0.3 is 18.1 Å². The fourth-order valence-electron chi connectivity index (χ4n) is 1.88. The molecule has 2 N–H and O–H groups in total. The predicted molar refractivity (Wildman–Crippen MR) is 74.3 cm³/mol. The largest absolute Gasteiger partial charge is 0.481 e. The minimum Gasteiger partial charge on any atom is -0.481 e. The van der Waals surface area contributed by atoms with Gasteiger partial charge < -0.3 is 10.4 Å². The predicted octanol–water partition coefficient (Wildman–Crippen LogP) is 3.18. The summed E-state index contributed by atoms with van der Waals surface area (Å²) >= 11 is 0. The highest BCUT2D eigenvalue weighted by Gasteiger charge is 2.40. The first-order valence-electron chi connectivity index (χ1n) is 6.61. The second-order valence-electron chi connectivity index (χ2n) is 5.99. The normalized spacial score (nSPS) is 13.5. The van der Waals surface area contributed by atoms with Crippen LogP contribution in [0.5, 0.6) is 0 Å². The highest BCUT2D eigenvalue weighted by atomic mass is 19.4. The van der Waals surface area contributed by atoms with E-state index in [2.05, 4.69) is 0 Å². The number of carbonyl (C=O) groups is 2. The molecule has 0 saturated heterocycles. The Hall–Kier alpha value is -2.05. The lowest BCUT2D eigenvalue weighted by atomic mass is 9.86. The molecule has 0 radical (unpaired) electrons. The molecule has 1 rings (SSSR count). The number of nitrogens with one attached hydrogen (secondary N) is 1. The second kappa shape index (κ2) is 6.37. The van der Waals surface area contributed by atoms with Crippen LogP contribution in [0.1, 0.15) is 44.4 Å². The Balaban J connectivity index is 3.02. The number of halogens is 3. The molecular weight excluding hydrogens is 299 g/mol. The summed E-state index contributed by atoms with van der Waals surface area (Å²) in [7, 11) is 0. The molecule has 0 aliphatic carbocycles. The summed E-state index contributed by atoms with van der Waals surface area (Å²) in [5.74, 6) is -3.45. The van der Waals surface area contributed by atoms with Gasteiger partial charge in [-0.25, -0.2) is 0 Å². The number of hydrogen-bond donors (Lipinski definition) is 2. The number of amides is 1. The molecule has 0 aliphatic rings. The average Bonchev–Trinajstić information content (AvgIpc) is 2.35. The van der Waals surface area contributed by atoms with E-state index in [4.69, 9.17) is 5.11 Å². The van der Waals surface area contributed by atoms with Crippen LogP contribution in [-0.2, 0) is 15.0 Å². The van der Waals surface area contributed by atoms with Crippen molar-refractivity contribution in [3.63, 3.8) is 0 Å². The Morgan fingerprint density at radius 3 is 2.00 bits per heavy atom. The van der Waals surface area contributed by atoms with Crippen molar-refractivity contribution in [2.75, 3.05) is 0 Å². The van der Waals surface area contributed by atoms with E-state index in [-0.39, 0.29) is 5.41 Å². The summed E-state index contributed by atoms with van der Waals surface area (Å²) in [6.07, 6.45) is -5.68. The molecule has 0 heterocycles. The van der Waals surface area contributed by atoms with E-state index < -0.39 is 30.5 Å². The molecule has 1 aromatic carbocycles. The van der Waals surface area contributed by atoms with Gasteiger partial charge in [-0.1, -0.05) is 45.0 Å². The Bertz CT molecular complexity index is 545. The van der Waals surface area contributed by atoms with Crippen molar-refractivity contribution < 1.29 is 27.9 Å². The molecule has 0 fully saturated rings. The molecule has 1 aromatic rings. The van der Waals surface area contributed by atoms with Crippen molar-refractivity contribution in [1.82, 2.24) is 5.32 Å². The van der Waals surface area contributed by atoms with E-state index in [1.54, 1.807) is 17.4 Å². The van der Waals surface area contributed by atoms with E-state index in [0.717, 1.165) is 5.56 Å². The van der Waals surface area contributed by atoms with Gasteiger partial charge in [0.15, 0.2) is 0 Å². The number of aliphatic carboxylic acids is 1. The van der Waals surface area contributed by atoms with Crippen LogP contribution >= 0.6 is 0 Å². The van der Waals surface area contributed by atoms with Gasteiger partial charge in [0.25, 0.3) is 0 Å². The van der Waals surface area contributed by atoms with Crippen LogP contribution in [0.15, 0.2) is 24.3 Å². The molecule has 0 aromatic heterocycles. The fraction of sp³-hybridized carbons (Fsp3) is 0.467. The van der Waals surface area contributed by atoms with Crippen molar-refractivity contribution in [3.05, 3.63) is 35.4 Å². The summed E-state index contributed by atoms with van der Waals surface area (Å²) in [6, 6.07) is 5.25. The van der Waals surface area contributed by atoms with Crippen LogP contribution in [0, 0.1) is 0 Å². The number of carboxylic acids is 1. The summed E-state index contributed by atoms with van der Waals surface area (Å²) in [5, 5.41) is 10.5. The van der Waals surface area contributed by atoms with Crippen molar-refractivity contribution in [2.24, 2.45) is 0 Å². The highest BCUT2D eigenvalue weighted by Crippen LogP contribution is 2.26. The van der Waals surface area contributed by atoms with E-state index >= 15 is 0 Å². The summed E-state index contributed by atoms with van der Waals surface area (Å²) in [5.41, 5.74) is 1.12. The molecule has 22 heavy (non-hydrogen) atoms. The molecule has 122 valence electrons. The number of carboxylic acid groups (broad SMARTS) is 1. The monoisotopic (exact) mass is 317 g/mol. The third-order valence-electron chi connectivity index (χ3n) is 3.12. The molecule has 1 atom stereocenters. The third-order valence-corrected chi connectivity index (χ3v) is 3.12. The van der Waals surface area contributed by atoms with Gasteiger partial charge in [0.2, 0.25) is 0 Å². The van der Waals surface area contributed by atoms with Gasteiger partial charge in [-0.05, 0) is 16.5 Å². The molecule has 7 heteroatoms. The van der Waals surface area contributed by atoms with Gasteiger partial charge in [-0.3, -0.25) is 9.59 Å². The topological polar surface area (TPSA) is 66.4 Å². The standard InChI is InChI=1S/C15H18F3NO3/c1-14(2,3)10-6-4-9(5-7-10)11(8-12(20)21)19-13(22)15(16,17)18/h4-7,11H,8H2,1-3H3,(H,19,22)(H,20,21). The lowest BCUT2D eigenvalue weighted by Gasteiger charge is -2.22. The van der Waals surface area contributed by atoms with Gasteiger partial charge in [0.1, 0.15) is 0 Å². The van der Waals surface area contributed by atoms with Crippen molar-refractivity contribution >= 4 is 11.9 Å². The average molecular weight is 317 g/mol. The quantitative estimate of drug-likeness (QED) is 0.896. The van der Waals surface area contributed by atoms with Gasteiger partial charge in [0, 0.05) is 0 Å². The third kappa shape index (κ3) is 5.05. The maximum absolute atomic E-state index is 12.3. The first-order valence-corrected chi connectivity index (χ1v) is 6.61. The smallest absolute Gasteiger partial charge is 0.471 e. The minimum atomic E-state index is -5.05.